The molecule has 0 spiro atoms. The Balaban J connectivity index is 1.61. The molecule has 0 aromatic carbocycles. The van der Waals surface area contributed by atoms with Gasteiger partial charge in [0.2, 0.25) is 0 Å². The fourth-order valence-corrected chi connectivity index (χ4v) is 2.91. The monoisotopic (exact) mass is 287 g/mol. The minimum Gasteiger partial charge on any atom is -0.454 e. The third-order valence-electron chi connectivity index (χ3n) is 4.19. The van der Waals surface area contributed by atoms with Crippen molar-refractivity contribution in [2.24, 2.45) is 5.92 Å². The fourth-order valence-electron chi connectivity index (χ4n) is 2.91. The number of hydrogen-bond donors (Lipinski definition) is 1. The van der Waals surface area contributed by atoms with Crippen molar-refractivity contribution in [3.05, 3.63) is 42.1 Å². The van der Waals surface area contributed by atoms with Crippen LogP contribution < -0.4 is 5.32 Å². The topological polar surface area (TPSA) is 60.1 Å². The minimum absolute atomic E-state index is 0.111. The van der Waals surface area contributed by atoms with Gasteiger partial charge in [-0.15, -0.1) is 0 Å². The molecular formula is C16H21N3O2. The van der Waals surface area contributed by atoms with Crippen LogP contribution in [0, 0.1) is 5.92 Å². The molecule has 5 nitrogen and oxygen atoms in total. The Labute approximate surface area is 124 Å². The summed E-state index contributed by atoms with van der Waals surface area (Å²) in [5, 5.41) is 7.23. The Kier molecular flexibility index (Phi) is 4.08. The number of rotatable bonds is 4. The van der Waals surface area contributed by atoms with Gasteiger partial charge in [-0.2, -0.15) is 5.10 Å². The summed E-state index contributed by atoms with van der Waals surface area (Å²) in [6.07, 6.45) is 8.30. The molecule has 21 heavy (non-hydrogen) atoms. The van der Waals surface area contributed by atoms with Gasteiger partial charge in [-0.1, -0.05) is 19.8 Å². The predicted octanol–water partition coefficient (Wildman–Crippen LogP) is 2.83. The molecule has 1 aliphatic rings. The summed E-state index contributed by atoms with van der Waals surface area (Å²) < 4.78 is 7.39. The van der Waals surface area contributed by atoms with E-state index in [1.165, 1.54) is 19.3 Å². The highest BCUT2D eigenvalue weighted by Gasteiger charge is 2.24. The second-order valence-corrected chi connectivity index (χ2v) is 5.81. The second-order valence-electron chi connectivity index (χ2n) is 5.81. The molecule has 1 fully saturated rings. The van der Waals surface area contributed by atoms with E-state index in [-0.39, 0.29) is 11.9 Å². The van der Waals surface area contributed by atoms with Gasteiger partial charge in [-0.05, 0) is 37.0 Å². The highest BCUT2D eigenvalue weighted by atomic mass is 16.4. The first-order chi connectivity index (χ1) is 10.2. The van der Waals surface area contributed by atoms with Gasteiger partial charge in [-0.25, -0.2) is 0 Å². The lowest BCUT2D eigenvalue weighted by Gasteiger charge is -2.29. The summed E-state index contributed by atoms with van der Waals surface area (Å²) in [4.78, 5) is 12.2. The molecule has 1 aliphatic carbocycles. The molecule has 2 atom stereocenters. The van der Waals surface area contributed by atoms with Crippen molar-refractivity contribution in [3.8, 4) is 0 Å². The first kappa shape index (κ1) is 13.9. The van der Waals surface area contributed by atoms with Crippen molar-refractivity contribution in [1.82, 2.24) is 15.1 Å². The van der Waals surface area contributed by atoms with Gasteiger partial charge < -0.3 is 9.73 Å². The molecule has 1 N–H and O–H groups in total. The number of carbonyl (C=O) groups excluding carboxylic acids is 1. The molecule has 0 radical (unpaired) electrons. The molecule has 0 aliphatic heterocycles. The number of nitrogens with zero attached hydrogens (tertiary/aromatic N) is 2. The van der Waals surface area contributed by atoms with E-state index in [4.69, 9.17) is 4.42 Å². The molecule has 0 unspecified atom stereocenters. The van der Waals surface area contributed by atoms with E-state index in [1.807, 2.05) is 18.3 Å². The molecule has 2 heterocycles. The first-order valence-electron chi connectivity index (χ1n) is 7.59. The van der Waals surface area contributed by atoms with Crippen LogP contribution in [-0.4, -0.2) is 21.7 Å². The smallest absolute Gasteiger partial charge is 0.287 e. The van der Waals surface area contributed by atoms with Crippen molar-refractivity contribution in [1.29, 1.82) is 0 Å². The van der Waals surface area contributed by atoms with E-state index in [9.17, 15) is 4.79 Å². The van der Waals surface area contributed by atoms with E-state index in [0.717, 1.165) is 12.2 Å². The maximum atomic E-state index is 12.2. The van der Waals surface area contributed by atoms with Crippen molar-refractivity contribution >= 4 is 5.91 Å². The Bertz CT molecular complexity index is 588. The van der Waals surface area contributed by atoms with Gasteiger partial charge in [0.1, 0.15) is 5.76 Å². The van der Waals surface area contributed by atoms with Crippen LogP contribution in [0.15, 0.2) is 35.0 Å². The number of carbonyl (C=O) groups is 1. The lowest BCUT2D eigenvalue weighted by atomic mass is 9.86. The number of nitrogens with one attached hydrogen (secondary N) is 1. The Hall–Kier alpha value is -2.04. The zero-order valence-electron chi connectivity index (χ0n) is 12.3. The second kappa shape index (κ2) is 6.16. The molecule has 1 amide bonds. The molecule has 2 aromatic heterocycles. The molecule has 5 heteroatoms. The van der Waals surface area contributed by atoms with Gasteiger partial charge in [0.05, 0.1) is 6.54 Å². The van der Waals surface area contributed by atoms with Crippen LogP contribution >= 0.6 is 0 Å². The zero-order chi connectivity index (χ0) is 14.7. The lowest BCUT2D eigenvalue weighted by Crippen LogP contribution is -2.40. The molecule has 2 aromatic rings. The van der Waals surface area contributed by atoms with Crippen molar-refractivity contribution in [2.45, 2.75) is 45.2 Å². The predicted molar refractivity (Wildman–Crippen MR) is 78.9 cm³/mol. The van der Waals surface area contributed by atoms with E-state index in [1.54, 1.807) is 16.9 Å². The highest BCUT2D eigenvalue weighted by molar-refractivity contribution is 5.91. The van der Waals surface area contributed by atoms with E-state index in [0.29, 0.717) is 18.2 Å². The molecule has 0 saturated heterocycles. The van der Waals surface area contributed by atoms with Gasteiger partial charge in [0.15, 0.2) is 5.76 Å². The average Bonchev–Trinajstić information content (AvgIpc) is 3.13. The van der Waals surface area contributed by atoms with E-state index < -0.39 is 0 Å². The van der Waals surface area contributed by atoms with Gasteiger partial charge in [-0.3, -0.25) is 9.48 Å². The van der Waals surface area contributed by atoms with Gasteiger partial charge in [0.25, 0.3) is 5.91 Å². The standard InChI is InChI=1S/C16H21N3O2/c1-12-5-2-3-6-14(12)18-16(20)15-8-7-13(21-15)11-19-10-4-9-17-19/h4,7-10,12,14H,2-3,5-6,11H2,1H3,(H,18,20)/t12-,14+/m0/s1. The summed E-state index contributed by atoms with van der Waals surface area (Å²) in [7, 11) is 0. The fraction of sp³-hybridized carbons (Fsp3) is 0.500. The third-order valence-corrected chi connectivity index (χ3v) is 4.19. The number of aromatic nitrogens is 2. The van der Waals surface area contributed by atoms with Crippen LogP contribution in [0.2, 0.25) is 0 Å². The lowest BCUT2D eigenvalue weighted by molar-refractivity contribution is 0.0880. The Morgan fingerprint density at radius 1 is 1.43 bits per heavy atom. The summed E-state index contributed by atoms with van der Waals surface area (Å²) in [5.74, 6) is 1.55. The van der Waals surface area contributed by atoms with Crippen LogP contribution in [0.1, 0.15) is 48.9 Å². The van der Waals surface area contributed by atoms with Crippen molar-refractivity contribution in [2.75, 3.05) is 0 Å². The minimum atomic E-state index is -0.111. The highest BCUT2D eigenvalue weighted by Crippen LogP contribution is 2.24. The average molecular weight is 287 g/mol. The Morgan fingerprint density at radius 2 is 2.29 bits per heavy atom. The summed E-state index contributed by atoms with van der Waals surface area (Å²) in [6, 6.07) is 5.70. The molecule has 112 valence electrons. The van der Waals surface area contributed by atoms with Gasteiger partial charge in [0, 0.05) is 18.4 Å². The maximum absolute atomic E-state index is 12.2. The quantitative estimate of drug-likeness (QED) is 0.940. The number of furan rings is 1. The van der Waals surface area contributed by atoms with Crippen LogP contribution in [0.3, 0.4) is 0 Å². The van der Waals surface area contributed by atoms with E-state index in [2.05, 4.69) is 17.3 Å². The molecule has 1 saturated carbocycles. The zero-order valence-corrected chi connectivity index (χ0v) is 12.3. The SMILES string of the molecule is C[C@H]1CCCC[C@H]1NC(=O)c1ccc(Cn2cccn2)o1. The summed E-state index contributed by atoms with van der Waals surface area (Å²) >= 11 is 0. The van der Waals surface area contributed by atoms with Gasteiger partial charge >= 0.3 is 0 Å². The van der Waals surface area contributed by atoms with Crippen molar-refractivity contribution < 1.29 is 9.21 Å². The maximum Gasteiger partial charge on any atom is 0.287 e. The van der Waals surface area contributed by atoms with Crippen molar-refractivity contribution in [3.63, 3.8) is 0 Å². The molecule has 0 bridgehead atoms. The van der Waals surface area contributed by atoms with Crippen LogP contribution in [0.25, 0.3) is 0 Å². The molecule has 3 rings (SSSR count). The normalized spacial score (nSPS) is 22.1. The number of amides is 1. The largest absolute Gasteiger partial charge is 0.454 e. The number of hydrogen-bond acceptors (Lipinski definition) is 3. The molecular weight excluding hydrogens is 266 g/mol. The van der Waals surface area contributed by atoms with Crippen LogP contribution in [-0.2, 0) is 6.54 Å². The Morgan fingerprint density at radius 3 is 3.05 bits per heavy atom. The summed E-state index contributed by atoms with van der Waals surface area (Å²) in [6.45, 7) is 2.75. The van der Waals surface area contributed by atoms with Crippen LogP contribution in [0.5, 0.6) is 0 Å². The third kappa shape index (κ3) is 3.35. The first-order valence-corrected chi connectivity index (χ1v) is 7.59. The van der Waals surface area contributed by atoms with Crippen LogP contribution in [0.4, 0.5) is 0 Å². The van der Waals surface area contributed by atoms with E-state index >= 15 is 0 Å². The summed E-state index contributed by atoms with van der Waals surface area (Å²) in [5.41, 5.74) is 0.